The standard InChI is InChI=1S/C30H42FN3O4S/c1-22-4-14-28(15-5-22)39(36,37)34-19-17-27(20-34)38-21-29(35)32-18-16-23-6-8-24(9-7-23)30(33(2)3)25-10-12-26(31)13-11-25/h4-5,10-15,23-24,27,30H,6-9,16-21H2,1-3H3,(H,32,35). The number of sulfonamides is 1. The van der Waals surface area contributed by atoms with E-state index in [1.807, 2.05) is 19.1 Å². The summed E-state index contributed by atoms with van der Waals surface area (Å²) in [7, 11) is 0.624. The summed E-state index contributed by atoms with van der Waals surface area (Å²) in [5.41, 5.74) is 2.17. The zero-order valence-electron chi connectivity index (χ0n) is 23.3. The zero-order valence-corrected chi connectivity index (χ0v) is 24.1. The van der Waals surface area contributed by atoms with Crippen molar-refractivity contribution in [3.05, 3.63) is 65.5 Å². The van der Waals surface area contributed by atoms with Gasteiger partial charge in [0, 0.05) is 25.7 Å². The van der Waals surface area contributed by atoms with Crippen LogP contribution in [0.2, 0.25) is 0 Å². The molecule has 2 unspecified atom stereocenters. The van der Waals surface area contributed by atoms with Crippen molar-refractivity contribution in [3.63, 3.8) is 0 Å². The minimum Gasteiger partial charge on any atom is -0.367 e. The number of hydrogen-bond donors (Lipinski definition) is 1. The molecule has 2 fully saturated rings. The van der Waals surface area contributed by atoms with Crippen molar-refractivity contribution >= 4 is 15.9 Å². The van der Waals surface area contributed by atoms with Crippen molar-refractivity contribution in [2.24, 2.45) is 11.8 Å². The molecule has 1 saturated heterocycles. The Morgan fingerprint density at radius 3 is 2.36 bits per heavy atom. The lowest BCUT2D eigenvalue weighted by Gasteiger charge is -2.37. The number of hydrogen-bond acceptors (Lipinski definition) is 5. The summed E-state index contributed by atoms with van der Waals surface area (Å²) in [6.07, 6.45) is 5.71. The van der Waals surface area contributed by atoms with Gasteiger partial charge in [0.15, 0.2) is 0 Å². The van der Waals surface area contributed by atoms with Gasteiger partial charge in [-0.1, -0.05) is 42.7 Å². The van der Waals surface area contributed by atoms with Gasteiger partial charge in [-0.25, -0.2) is 12.8 Å². The molecule has 2 aliphatic rings. The maximum Gasteiger partial charge on any atom is 0.246 e. The first-order chi connectivity index (χ1) is 18.6. The lowest BCUT2D eigenvalue weighted by atomic mass is 9.75. The number of nitrogens with one attached hydrogen (secondary N) is 1. The fourth-order valence-electron chi connectivity index (χ4n) is 6.02. The molecule has 2 aromatic rings. The highest BCUT2D eigenvalue weighted by Gasteiger charge is 2.33. The van der Waals surface area contributed by atoms with E-state index in [1.165, 1.54) is 4.31 Å². The number of ether oxygens (including phenoxy) is 1. The maximum absolute atomic E-state index is 13.4. The van der Waals surface area contributed by atoms with Crippen LogP contribution in [0.5, 0.6) is 0 Å². The Bertz CT molecular complexity index is 1180. The fraction of sp³-hybridized carbons (Fsp3) is 0.567. The van der Waals surface area contributed by atoms with Crippen LogP contribution in [-0.4, -0.2) is 70.0 Å². The number of carbonyl (C=O) groups excluding carboxylic acids is 1. The molecule has 1 saturated carbocycles. The highest BCUT2D eigenvalue weighted by Crippen LogP contribution is 2.40. The van der Waals surface area contributed by atoms with E-state index in [9.17, 15) is 17.6 Å². The second kappa shape index (κ2) is 13.4. The van der Waals surface area contributed by atoms with Gasteiger partial charge in [0.1, 0.15) is 12.4 Å². The Morgan fingerprint density at radius 2 is 1.72 bits per heavy atom. The largest absolute Gasteiger partial charge is 0.367 e. The van der Waals surface area contributed by atoms with E-state index in [0.29, 0.717) is 31.3 Å². The maximum atomic E-state index is 13.4. The van der Waals surface area contributed by atoms with Crippen molar-refractivity contribution in [1.29, 1.82) is 0 Å². The normalized spacial score (nSPS) is 23.2. The molecule has 1 heterocycles. The van der Waals surface area contributed by atoms with Gasteiger partial charge in [-0.05, 0) is 88.4 Å². The van der Waals surface area contributed by atoms with Gasteiger partial charge in [-0.2, -0.15) is 4.31 Å². The first kappa shape index (κ1) is 29.6. The molecule has 1 aliphatic carbocycles. The smallest absolute Gasteiger partial charge is 0.246 e. The molecule has 0 spiro atoms. The van der Waals surface area contributed by atoms with E-state index in [2.05, 4.69) is 24.3 Å². The molecule has 2 atom stereocenters. The van der Waals surface area contributed by atoms with Gasteiger partial charge in [-0.15, -0.1) is 0 Å². The Hall–Kier alpha value is -2.33. The summed E-state index contributed by atoms with van der Waals surface area (Å²) in [5.74, 6) is 0.746. The molecular formula is C30H42FN3O4S. The number of halogens is 1. The highest BCUT2D eigenvalue weighted by molar-refractivity contribution is 7.89. The van der Waals surface area contributed by atoms with Crippen molar-refractivity contribution in [1.82, 2.24) is 14.5 Å². The van der Waals surface area contributed by atoms with Crippen molar-refractivity contribution < 1.29 is 22.3 Å². The molecule has 39 heavy (non-hydrogen) atoms. The monoisotopic (exact) mass is 559 g/mol. The summed E-state index contributed by atoms with van der Waals surface area (Å²) in [6, 6.07) is 14.0. The van der Waals surface area contributed by atoms with Crippen LogP contribution in [0.1, 0.15) is 55.7 Å². The van der Waals surface area contributed by atoms with Crippen LogP contribution in [0.4, 0.5) is 4.39 Å². The second-order valence-electron chi connectivity index (χ2n) is 11.3. The molecule has 0 radical (unpaired) electrons. The average molecular weight is 560 g/mol. The Balaban J connectivity index is 1.14. The van der Waals surface area contributed by atoms with E-state index >= 15 is 0 Å². The Labute approximate surface area is 232 Å². The van der Waals surface area contributed by atoms with Crippen LogP contribution >= 0.6 is 0 Å². The molecule has 0 aromatic heterocycles. The van der Waals surface area contributed by atoms with Crippen LogP contribution in [0.15, 0.2) is 53.4 Å². The SMILES string of the molecule is Cc1ccc(S(=O)(=O)N2CCC(OCC(=O)NCCC3CCC(C(c4ccc(F)cc4)N(C)C)CC3)C2)cc1. The van der Waals surface area contributed by atoms with Gasteiger partial charge in [0.05, 0.1) is 11.0 Å². The minimum atomic E-state index is -3.55. The van der Waals surface area contributed by atoms with Crippen molar-refractivity contribution in [2.75, 3.05) is 40.3 Å². The van der Waals surface area contributed by atoms with Crippen LogP contribution in [-0.2, 0) is 19.6 Å². The summed E-state index contributed by atoms with van der Waals surface area (Å²) < 4.78 is 46.3. The third-order valence-electron chi connectivity index (χ3n) is 8.20. The van der Waals surface area contributed by atoms with E-state index in [0.717, 1.165) is 43.2 Å². The predicted octanol–water partition coefficient (Wildman–Crippen LogP) is 4.53. The molecule has 2 aromatic carbocycles. The lowest BCUT2D eigenvalue weighted by Crippen LogP contribution is -2.34. The third-order valence-corrected chi connectivity index (χ3v) is 10.1. The fourth-order valence-corrected chi connectivity index (χ4v) is 7.50. The molecule has 1 amide bonds. The van der Waals surface area contributed by atoms with E-state index in [-0.39, 0.29) is 41.9 Å². The van der Waals surface area contributed by atoms with E-state index in [4.69, 9.17) is 4.74 Å². The molecule has 9 heteroatoms. The number of nitrogens with zero attached hydrogens (tertiary/aromatic N) is 2. The van der Waals surface area contributed by atoms with E-state index < -0.39 is 10.0 Å². The second-order valence-corrected chi connectivity index (χ2v) is 13.2. The summed E-state index contributed by atoms with van der Waals surface area (Å²) in [5, 5.41) is 2.97. The molecule has 0 bridgehead atoms. The molecule has 1 aliphatic heterocycles. The predicted molar refractivity (Wildman–Crippen MR) is 150 cm³/mol. The van der Waals surface area contributed by atoms with Crippen LogP contribution in [0.25, 0.3) is 0 Å². The molecule has 214 valence electrons. The highest BCUT2D eigenvalue weighted by atomic mass is 32.2. The third kappa shape index (κ3) is 7.87. The quantitative estimate of drug-likeness (QED) is 0.438. The zero-order chi connectivity index (χ0) is 28.0. The first-order valence-electron chi connectivity index (χ1n) is 14.0. The van der Waals surface area contributed by atoms with Gasteiger partial charge in [0.25, 0.3) is 0 Å². The Kier molecular flexibility index (Phi) is 10.1. The molecule has 7 nitrogen and oxygen atoms in total. The van der Waals surface area contributed by atoms with E-state index in [1.54, 1.807) is 36.4 Å². The number of aryl methyl sites for hydroxylation is 1. The number of benzene rings is 2. The first-order valence-corrected chi connectivity index (χ1v) is 15.4. The number of carbonyl (C=O) groups is 1. The number of amides is 1. The van der Waals surface area contributed by atoms with Crippen molar-refractivity contribution in [3.8, 4) is 0 Å². The van der Waals surface area contributed by atoms with Crippen LogP contribution in [0.3, 0.4) is 0 Å². The van der Waals surface area contributed by atoms with Gasteiger partial charge >= 0.3 is 0 Å². The van der Waals surface area contributed by atoms with Gasteiger partial charge in [0.2, 0.25) is 15.9 Å². The molecule has 1 N–H and O–H groups in total. The minimum absolute atomic E-state index is 0.0575. The lowest BCUT2D eigenvalue weighted by molar-refractivity contribution is -0.127. The molecule has 4 rings (SSSR count). The summed E-state index contributed by atoms with van der Waals surface area (Å²) >= 11 is 0. The van der Waals surface area contributed by atoms with Gasteiger partial charge in [-0.3, -0.25) is 4.79 Å². The van der Waals surface area contributed by atoms with Gasteiger partial charge < -0.3 is 15.0 Å². The summed E-state index contributed by atoms with van der Waals surface area (Å²) in [4.78, 5) is 14.9. The summed E-state index contributed by atoms with van der Waals surface area (Å²) in [6.45, 7) is 3.13. The average Bonchev–Trinajstić information content (AvgIpc) is 3.40. The Morgan fingerprint density at radius 1 is 1.05 bits per heavy atom. The van der Waals surface area contributed by atoms with Crippen molar-refractivity contribution in [2.45, 2.75) is 62.5 Å². The van der Waals surface area contributed by atoms with Crippen LogP contribution < -0.4 is 5.32 Å². The topological polar surface area (TPSA) is 78.9 Å². The number of rotatable bonds is 11. The molecular weight excluding hydrogens is 517 g/mol. The van der Waals surface area contributed by atoms with Crippen LogP contribution in [0, 0.1) is 24.6 Å².